The van der Waals surface area contributed by atoms with Crippen LogP contribution in [0.25, 0.3) is 0 Å². The van der Waals surface area contributed by atoms with Crippen LogP contribution in [0.1, 0.15) is 23.2 Å². The molecule has 0 aliphatic heterocycles. The van der Waals surface area contributed by atoms with Gasteiger partial charge in [0, 0.05) is 31.6 Å². The summed E-state index contributed by atoms with van der Waals surface area (Å²) in [6.45, 7) is 0.293. The summed E-state index contributed by atoms with van der Waals surface area (Å²) in [5, 5.41) is 27.0. The Bertz CT molecular complexity index is 438. The van der Waals surface area contributed by atoms with E-state index in [1.54, 1.807) is 0 Å². The number of carbonyl (C=O) groups excluding carboxylic acids is 1. The minimum atomic E-state index is -0.911. The molecule has 0 aliphatic carbocycles. The van der Waals surface area contributed by atoms with Crippen molar-refractivity contribution in [3.8, 4) is 11.5 Å². The average Bonchev–Trinajstić information content (AvgIpc) is 2.26. The highest BCUT2D eigenvalue weighted by molar-refractivity contribution is 5.94. The quantitative estimate of drug-likeness (QED) is 0.728. The fourth-order valence-corrected chi connectivity index (χ4v) is 1.51. The fourth-order valence-electron chi connectivity index (χ4n) is 1.51. The summed E-state index contributed by atoms with van der Waals surface area (Å²) in [6.07, 6.45) is 0.339. The molecule has 0 saturated heterocycles. The number of phenols is 2. The highest BCUT2D eigenvalue weighted by Gasteiger charge is 2.13. The number of carboxylic acids is 1. The van der Waals surface area contributed by atoms with Crippen molar-refractivity contribution in [1.29, 1.82) is 0 Å². The largest absolute Gasteiger partial charge is 0.508 e. The average molecular weight is 253 g/mol. The smallest absolute Gasteiger partial charge is 0.303 e. The molecular formula is C12H15NO5. The van der Waals surface area contributed by atoms with Crippen LogP contribution in [0.4, 0.5) is 0 Å². The van der Waals surface area contributed by atoms with Gasteiger partial charge in [-0.3, -0.25) is 9.59 Å². The zero-order valence-electron chi connectivity index (χ0n) is 9.96. The summed E-state index contributed by atoms with van der Waals surface area (Å²) in [4.78, 5) is 23.6. The molecule has 0 heterocycles. The van der Waals surface area contributed by atoms with E-state index >= 15 is 0 Å². The van der Waals surface area contributed by atoms with Crippen LogP contribution >= 0.6 is 0 Å². The van der Waals surface area contributed by atoms with Crippen molar-refractivity contribution in [2.45, 2.75) is 12.8 Å². The van der Waals surface area contributed by atoms with Crippen molar-refractivity contribution in [3.05, 3.63) is 23.8 Å². The minimum Gasteiger partial charge on any atom is -0.508 e. The van der Waals surface area contributed by atoms with Gasteiger partial charge in [0.1, 0.15) is 11.5 Å². The highest BCUT2D eigenvalue weighted by atomic mass is 16.4. The first-order chi connectivity index (χ1) is 8.40. The number of hydrogen-bond donors (Lipinski definition) is 3. The number of nitrogens with zero attached hydrogens (tertiary/aromatic N) is 1. The number of rotatable bonds is 5. The Labute approximate surface area is 104 Å². The second kappa shape index (κ2) is 5.90. The summed E-state index contributed by atoms with van der Waals surface area (Å²) >= 11 is 0. The number of carbonyl (C=O) groups is 2. The number of carboxylic acid groups (broad SMARTS) is 1. The molecule has 0 aromatic heterocycles. The lowest BCUT2D eigenvalue weighted by atomic mass is 10.1. The minimum absolute atomic E-state index is 0.0110. The Kier molecular flexibility index (Phi) is 4.53. The second-order valence-corrected chi connectivity index (χ2v) is 3.96. The van der Waals surface area contributed by atoms with Gasteiger partial charge in [-0.2, -0.15) is 0 Å². The number of aliphatic carboxylic acids is 1. The Hall–Kier alpha value is -2.24. The summed E-state index contributed by atoms with van der Waals surface area (Å²) in [5.74, 6) is -1.69. The third-order valence-electron chi connectivity index (χ3n) is 2.38. The van der Waals surface area contributed by atoms with Gasteiger partial charge in [0.2, 0.25) is 0 Å². The third kappa shape index (κ3) is 3.97. The molecule has 98 valence electrons. The third-order valence-corrected chi connectivity index (χ3v) is 2.38. The first-order valence-corrected chi connectivity index (χ1v) is 5.40. The molecule has 6 heteroatoms. The standard InChI is InChI=1S/C12H15NO5/c1-13(4-2-3-11(16)17)12(18)8-5-9(14)7-10(15)6-8/h5-7,14-15H,2-4H2,1H3,(H,16,17). The molecule has 0 bridgehead atoms. The monoisotopic (exact) mass is 253 g/mol. The van der Waals surface area contributed by atoms with E-state index in [0.29, 0.717) is 13.0 Å². The maximum atomic E-state index is 11.9. The topological polar surface area (TPSA) is 98.1 Å². The maximum absolute atomic E-state index is 11.9. The normalized spacial score (nSPS) is 10.1. The van der Waals surface area contributed by atoms with Crippen molar-refractivity contribution in [2.75, 3.05) is 13.6 Å². The second-order valence-electron chi connectivity index (χ2n) is 3.96. The van der Waals surface area contributed by atoms with Crippen LogP contribution in [0.3, 0.4) is 0 Å². The Balaban J connectivity index is 2.65. The predicted octanol–water partition coefficient (Wildman–Crippen LogP) is 1.03. The van der Waals surface area contributed by atoms with Crippen LogP contribution in [0.5, 0.6) is 11.5 Å². The van der Waals surface area contributed by atoms with Gasteiger partial charge >= 0.3 is 5.97 Å². The van der Waals surface area contributed by atoms with Crippen LogP contribution in [0.2, 0.25) is 0 Å². The first kappa shape index (κ1) is 13.8. The molecule has 0 atom stereocenters. The van der Waals surface area contributed by atoms with Gasteiger partial charge in [0.25, 0.3) is 5.91 Å². The van der Waals surface area contributed by atoms with Crippen molar-refractivity contribution >= 4 is 11.9 Å². The molecule has 1 amide bonds. The van der Waals surface area contributed by atoms with Gasteiger partial charge in [0.15, 0.2) is 0 Å². The lowest BCUT2D eigenvalue weighted by molar-refractivity contribution is -0.137. The van der Waals surface area contributed by atoms with Gasteiger partial charge in [-0.05, 0) is 18.6 Å². The van der Waals surface area contributed by atoms with Gasteiger partial charge in [0.05, 0.1) is 0 Å². The molecule has 0 fully saturated rings. The van der Waals surface area contributed by atoms with Crippen LogP contribution in [0.15, 0.2) is 18.2 Å². The summed E-state index contributed by atoms with van der Waals surface area (Å²) < 4.78 is 0. The maximum Gasteiger partial charge on any atom is 0.303 e. The fraction of sp³-hybridized carbons (Fsp3) is 0.333. The summed E-state index contributed by atoms with van der Waals surface area (Å²) in [7, 11) is 1.53. The molecule has 0 unspecified atom stereocenters. The number of phenolic OH excluding ortho intramolecular Hbond substituents is 2. The van der Waals surface area contributed by atoms with Crippen molar-refractivity contribution in [2.24, 2.45) is 0 Å². The number of amides is 1. The molecule has 0 radical (unpaired) electrons. The molecule has 1 aromatic rings. The molecule has 1 rings (SSSR count). The molecule has 0 aliphatic rings. The number of aromatic hydroxyl groups is 2. The van der Waals surface area contributed by atoms with E-state index in [1.165, 1.54) is 24.1 Å². The van der Waals surface area contributed by atoms with Gasteiger partial charge < -0.3 is 20.2 Å². The van der Waals surface area contributed by atoms with E-state index in [4.69, 9.17) is 5.11 Å². The van der Waals surface area contributed by atoms with Gasteiger partial charge in [-0.25, -0.2) is 0 Å². The van der Waals surface area contributed by atoms with E-state index in [9.17, 15) is 19.8 Å². The lowest BCUT2D eigenvalue weighted by Gasteiger charge is -2.16. The van der Waals surface area contributed by atoms with Crippen LogP contribution in [-0.2, 0) is 4.79 Å². The molecule has 3 N–H and O–H groups in total. The van der Waals surface area contributed by atoms with Gasteiger partial charge in [-0.1, -0.05) is 0 Å². The molecule has 0 spiro atoms. The van der Waals surface area contributed by atoms with Crippen LogP contribution in [0, 0.1) is 0 Å². The predicted molar refractivity (Wildman–Crippen MR) is 63.6 cm³/mol. The molecular weight excluding hydrogens is 238 g/mol. The Morgan fingerprint density at radius 1 is 1.17 bits per heavy atom. The van der Waals surface area contributed by atoms with Gasteiger partial charge in [-0.15, -0.1) is 0 Å². The SMILES string of the molecule is CN(CCCC(=O)O)C(=O)c1cc(O)cc(O)c1. The summed E-state index contributed by atoms with van der Waals surface area (Å²) in [5.41, 5.74) is 0.158. The van der Waals surface area contributed by atoms with E-state index < -0.39 is 5.97 Å². The van der Waals surface area contributed by atoms with E-state index in [0.717, 1.165) is 6.07 Å². The summed E-state index contributed by atoms with van der Waals surface area (Å²) in [6, 6.07) is 3.62. The van der Waals surface area contributed by atoms with Crippen LogP contribution < -0.4 is 0 Å². The van der Waals surface area contributed by atoms with Crippen LogP contribution in [-0.4, -0.2) is 45.7 Å². The van der Waals surface area contributed by atoms with Crippen molar-refractivity contribution < 1.29 is 24.9 Å². The first-order valence-electron chi connectivity index (χ1n) is 5.40. The van der Waals surface area contributed by atoms with Crippen molar-refractivity contribution in [3.63, 3.8) is 0 Å². The molecule has 0 saturated carbocycles. The number of hydrogen-bond acceptors (Lipinski definition) is 4. The van der Waals surface area contributed by atoms with Crippen molar-refractivity contribution in [1.82, 2.24) is 4.90 Å². The lowest BCUT2D eigenvalue weighted by Crippen LogP contribution is -2.28. The molecule has 6 nitrogen and oxygen atoms in total. The molecule has 18 heavy (non-hydrogen) atoms. The van der Waals surface area contributed by atoms with E-state index in [1.807, 2.05) is 0 Å². The number of benzene rings is 1. The zero-order chi connectivity index (χ0) is 13.7. The highest BCUT2D eigenvalue weighted by Crippen LogP contribution is 2.21. The Morgan fingerprint density at radius 2 is 1.72 bits per heavy atom. The zero-order valence-corrected chi connectivity index (χ0v) is 9.96. The Morgan fingerprint density at radius 3 is 2.22 bits per heavy atom. The van der Waals surface area contributed by atoms with E-state index in [-0.39, 0.29) is 29.4 Å². The van der Waals surface area contributed by atoms with E-state index in [2.05, 4.69) is 0 Å². The molecule has 1 aromatic carbocycles.